The molecule has 4 bridgehead atoms. The number of rotatable bonds is 3. The molecule has 4 saturated carbocycles. The van der Waals surface area contributed by atoms with Gasteiger partial charge in [-0.25, -0.2) is 0 Å². The van der Waals surface area contributed by atoms with E-state index in [0.717, 1.165) is 37.0 Å². The van der Waals surface area contributed by atoms with E-state index in [2.05, 4.69) is 5.32 Å². The van der Waals surface area contributed by atoms with Gasteiger partial charge in [0.1, 0.15) is 0 Å². The van der Waals surface area contributed by atoms with Gasteiger partial charge in [0, 0.05) is 10.4 Å². The molecule has 1 aromatic rings. The fourth-order valence-corrected chi connectivity index (χ4v) is 5.90. The summed E-state index contributed by atoms with van der Waals surface area (Å²) in [5, 5.41) is 3.22. The predicted octanol–water partition coefficient (Wildman–Crippen LogP) is 2.62. The van der Waals surface area contributed by atoms with Crippen molar-refractivity contribution in [2.45, 2.75) is 49.0 Å². The fraction of sp³-hybridized carbons (Fsp3) is 0.588. The van der Waals surface area contributed by atoms with Gasteiger partial charge in [0.15, 0.2) is 0 Å². The second kappa shape index (κ2) is 5.17. The number of hydrogen-bond acceptors (Lipinski definition) is 3. The van der Waals surface area contributed by atoms with E-state index in [1.165, 1.54) is 25.3 Å². The van der Waals surface area contributed by atoms with Gasteiger partial charge >= 0.3 is 0 Å². The van der Waals surface area contributed by atoms with Gasteiger partial charge in [-0.2, -0.15) is 0 Å². The molecule has 0 aliphatic heterocycles. The van der Waals surface area contributed by atoms with Crippen LogP contribution in [0.25, 0.3) is 0 Å². The monoisotopic (exact) mass is 318 g/mol. The minimum Gasteiger partial charge on any atom is -0.768 e. The van der Waals surface area contributed by atoms with Crippen LogP contribution < -0.4 is 5.32 Å². The van der Waals surface area contributed by atoms with E-state index in [4.69, 9.17) is 0 Å². The van der Waals surface area contributed by atoms with Crippen LogP contribution in [0.5, 0.6) is 0 Å². The van der Waals surface area contributed by atoms with Crippen LogP contribution >= 0.6 is 0 Å². The Morgan fingerprint density at radius 3 is 2.18 bits per heavy atom. The molecule has 0 saturated heterocycles. The maximum absolute atomic E-state index is 12.7. The summed E-state index contributed by atoms with van der Waals surface area (Å²) in [6, 6.07) is 6.44. The Bertz CT molecular complexity index is 607. The molecule has 1 unspecified atom stereocenters. The lowest BCUT2D eigenvalue weighted by Gasteiger charge is -2.56. The second-order valence-corrected chi connectivity index (χ2v) is 8.29. The third-order valence-corrected chi connectivity index (χ3v) is 6.44. The molecule has 0 radical (unpaired) electrons. The minimum atomic E-state index is -2.39. The first-order valence-corrected chi connectivity index (χ1v) is 9.13. The van der Waals surface area contributed by atoms with Gasteiger partial charge in [0.2, 0.25) is 0 Å². The molecule has 1 N–H and O–H groups in total. The van der Waals surface area contributed by atoms with Crippen molar-refractivity contribution in [1.29, 1.82) is 0 Å². The molecule has 5 rings (SSSR count). The Balaban J connectivity index is 1.59. The average molecular weight is 318 g/mol. The first-order chi connectivity index (χ1) is 10.5. The topological polar surface area (TPSA) is 69.2 Å². The highest BCUT2D eigenvalue weighted by atomic mass is 32.2. The lowest BCUT2D eigenvalue weighted by molar-refractivity contribution is -0.0167. The Kier molecular flexibility index (Phi) is 3.38. The average Bonchev–Trinajstić information content (AvgIpc) is 2.45. The summed E-state index contributed by atoms with van der Waals surface area (Å²) in [6.07, 6.45) is 7.14. The number of carbonyl (C=O) groups excluding carboxylic acids is 1. The van der Waals surface area contributed by atoms with Crippen molar-refractivity contribution in [1.82, 2.24) is 5.32 Å². The molecule has 22 heavy (non-hydrogen) atoms. The van der Waals surface area contributed by atoms with Crippen LogP contribution in [0.4, 0.5) is 0 Å². The molecule has 4 nitrogen and oxygen atoms in total. The quantitative estimate of drug-likeness (QED) is 0.871. The molecule has 0 heterocycles. The number of amides is 1. The summed E-state index contributed by atoms with van der Waals surface area (Å²) in [5.41, 5.74) is 0.176. The Labute approximate surface area is 133 Å². The molecule has 5 heteroatoms. The normalized spacial score (nSPS) is 37.0. The van der Waals surface area contributed by atoms with Crippen molar-refractivity contribution in [2.75, 3.05) is 0 Å². The maximum Gasteiger partial charge on any atom is 0.252 e. The SMILES string of the molecule is O=C(NC12CC3CC(CC(C3)C1)C2)c1ccccc1S(=O)[O-]. The smallest absolute Gasteiger partial charge is 0.252 e. The second-order valence-electron chi connectivity index (χ2n) is 7.38. The highest BCUT2D eigenvalue weighted by Gasteiger charge is 2.51. The molecular formula is C17H20NO3S-. The van der Waals surface area contributed by atoms with Crippen LogP contribution in [0.15, 0.2) is 29.2 Å². The third kappa shape index (κ3) is 2.40. The Morgan fingerprint density at radius 1 is 1.09 bits per heavy atom. The van der Waals surface area contributed by atoms with E-state index >= 15 is 0 Å². The Hall–Kier alpha value is -1.20. The van der Waals surface area contributed by atoms with E-state index in [-0.39, 0.29) is 21.9 Å². The highest BCUT2D eigenvalue weighted by Crippen LogP contribution is 2.55. The van der Waals surface area contributed by atoms with Crippen LogP contribution in [-0.2, 0) is 11.1 Å². The van der Waals surface area contributed by atoms with Gasteiger partial charge < -0.3 is 9.87 Å². The summed E-state index contributed by atoms with van der Waals surface area (Å²) >= 11 is -2.39. The van der Waals surface area contributed by atoms with E-state index in [0.29, 0.717) is 0 Å². The summed E-state index contributed by atoms with van der Waals surface area (Å²) in [7, 11) is 0. The summed E-state index contributed by atoms with van der Waals surface area (Å²) in [4.78, 5) is 12.8. The van der Waals surface area contributed by atoms with Crippen molar-refractivity contribution in [3.05, 3.63) is 29.8 Å². The van der Waals surface area contributed by atoms with Gasteiger partial charge in [0.25, 0.3) is 5.91 Å². The van der Waals surface area contributed by atoms with Gasteiger partial charge in [0.05, 0.1) is 5.56 Å². The van der Waals surface area contributed by atoms with E-state index in [9.17, 15) is 13.6 Å². The molecule has 1 aromatic carbocycles. The summed E-state index contributed by atoms with van der Waals surface area (Å²) in [5.74, 6) is 2.00. The summed E-state index contributed by atoms with van der Waals surface area (Å²) < 4.78 is 22.6. The lowest BCUT2D eigenvalue weighted by atomic mass is 9.53. The van der Waals surface area contributed by atoms with Crippen LogP contribution in [0, 0.1) is 17.8 Å². The third-order valence-electron chi connectivity index (χ3n) is 5.73. The van der Waals surface area contributed by atoms with Crippen molar-refractivity contribution >= 4 is 17.0 Å². The molecule has 4 aliphatic rings. The number of carbonyl (C=O) groups is 1. The predicted molar refractivity (Wildman–Crippen MR) is 82.0 cm³/mol. The molecule has 0 aromatic heterocycles. The van der Waals surface area contributed by atoms with E-state index < -0.39 is 11.1 Å². The highest BCUT2D eigenvalue weighted by molar-refractivity contribution is 7.79. The van der Waals surface area contributed by atoms with Gasteiger partial charge in [-0.15, -0.1) is 0 Å². The van der Waals surface area contributed by atoms with Gasteiger partial charge in [-0.1, -0.05) is 12.1 Å². The molecule has 1 atom stereocenters. The Morgan fingerprint density at radius 2 is 1.64 bits per heavy atom. The number of benzene rings is 1. The van der Waals surface area contributed by atoms with E-state index in [1.807, 2.05) is 0 Å². The van der Waals surface area contributed by atoms with Crippen LogP contribution in [-0.4, -0.2) is 20.2 Å². The van der Waals surface area contributed by atoms with Gasteiger partial charge in [-0.05, 0) is 79.5 Å². The molecule has 1 amide bonds. The minimum absolute atomic E-state index is 0.0877. The summed E-state index contributed by atoms with van der Waals surface area (Å²) in [6.45, 7) is 0. The zero-order valence-corrected chi connectivity index (χ0v) is 13.2. The molecular weight excluding hydrogens is 298 g/mol. The van der Waals surface area contributed by atoms with Crippen molar-refractivity contribution in [2.24, 2.45) is 17.8 Å². The molecule has 118 valence electrons. The molecule has 0 spiro atoms. The lowest BCUT2D eigenvalue weighted by Crippen LogP contribution is -2.59. The van der Waals surface area contributed by atoms with Crippen LogP contribution in [0.1, 0.15) is 48.9 Å². The molecule has 4 fully saturated rings. The standard InChI is InChI=1S/C17H21NO3S/c19-16(14-3-1-2-4-15(14)22(20)21)18-17-8-11-5-12(9-17)7-13(6-11)10-17/h1-4,11-13H,5-10H2,(H,18,19)(H,20,21)/p-1. The van der Waals surface area contributed by atoms with Crippen LogP contribution in [0.3, 0.4) is 0 Å². The first-order valence-electron chi connectivity index (χ1n) is 8.05. The number of nitrogens with one attached hydrogen (secondary N) is 1. The maximum atomic E-state index is 12.7. The fourth-order valence-electron chi connectivity index (χ4n) is 5.37. The largest absolute Gasteiger partial charge is 0.768 e. The van der Waals surface area contributed by atoms with E-state index in [1.54, 1.807) is 18.2 Å². The van der Waals surface area contributed by atoms with Crippen LogP contribution in [0.2, 0.25) is 0 Å². The number of hydrogen-bond donors (Lipinski definition) is 1. The van der Waals surface area contributed by atoms with Gasteiger partial charge in [-0.3, -0.25) is 9.00 Å². The zero-order valence-electron chi connectivity index (χ0n) is 12.4. The van der Waals surface area contributed by atoms with Crippen molar-refractivity contribution in [3.63, 3.8) is 0 Å². The van der Waals surface area contributed by atoms with Crippen molar-refractivity contribution < 1.29 is 13.6 Å². The van der Waals surface area contributed by atoms with Crippen molar-refractivity contribution in [3.8, 4) is 0 Å². The zero-order chi connectivity index (χ0) is 15.3. The molecule has 4 aliphatic carbocycles. The first kappa shape index (κ1) is 14.4.